The number of hydrogen-bond donors (Lipinski definition) is 1. The van der Waals surface area contributed by atoms with Gasteiger partial charge < -0.3 is 24.5 Å². The zero-order valence-electron chi connectivity index (χ0n) is 17.5. The molecule has 1 unspecified atom stereocenters. The summed E-state index contributed by atoms with van der Waals surface area (Å²) in [6.07, 6.45) is -4.00. The fraction of sp³-hybridized carbons (Fsp3) is 0.350. The second kappa shape index (κ2) is 9.02. The van der Waals surface area contributed by atoms with Crippen LogP contribution in [-0.2, 0) is 24.0 Å². The van der Waals surface area contributed by atoms with Crippen molar-refractivity contribution in [2.24, 2.45) is 0 Å². The van der Waals surface area contributed by atoms with Gasteiger partial charge in [0.05, 0.1) is 24.2 Å². The van der Waals surface area contributed by atoms with E-state index >= 15 is 0 Å². The Bertz CT molecular complexity index is 1280. The van der Waals surface area contributed by atoms with Gasteiger partial charge >= 0.3 is 18.0 Å². The molecule has 0 aliphatic carbocycles. The summed E-state index contributed by atoms with van der Waals surface area (Å²) in [6.45, 7) is 2.30. The first-order valence-corrected chi connectivity index (χ1v) is 9.70. The molecule has 33 heavy (non-hydrogen) atoms. The molecule has 2 aromatic heterocycles. The number of fused-ring (bicyclic) bond motifs is 1. The average molecular weight is 468 g/mol. The van der Waals surface area contributed by atoms with Crippen LogP contribution in [0, 0.1) is 17.0 Å². The minimum Gasteiger partial charge on any atom is -0.462 e. The van der Waals surface area contributed by atoms with Gasteiger partial charge in [0.15, 0.2) is 5.82 Å². The van der Waals surface area contributed by atoms with Gasteiger partial charge in [-0.05, 0) is 30.0 Å². The van der Waals surface area contributed by atoms with Gasteiger partial charge in [-0.15, -0.1) is 0 Å². The number of alkyl halides is 3. The van der Waals surface area contributed by atoms with Gasteiger partial charge in [0.1, 0.15) is 24.4 Å². The van der Waals surface area contributed by atoms with Crippen molar-refractivity contribution in [3.63, 3.8) is 0 Å². The van der Waals surface area contributed by atoms with E-state index in [-0.39, 0.29) is 42.2 Å². The number of hydrogen-bond acceptors (Lipinski definition) is 7. The van der Waals surface area contributed by atoms with Gasteiger partial charge in [0.2, 0.25) is 5.43 Å². The molecule has 0 saturated heterocycles. The topological polar surface area (TPSA) is 129 Å². The molecule has 10 nitrogen and oxygen atoms in total. The number of carbonyl (C=O) groups is 1. The van der Waals surface area contributed by atoms with Crippen molar-refractivity contribution >= 4 is 22.7 Å². The Balaban J connectivity index is 2.10. The molecule has 0 aliphatic rings. The van der Waals surface area contributed by atoms with Crippen LogP contribution in [0.2, 0.25) is 0 Å². The first-order chi connectivity index (χ1) is 15.4. The highest BCUT2D eigenvalue weighted by atomic mass is 19.4. The van der Waals surface area contributed by atoms with E-state index < -0.39 is 39.7 Å². The molecular weight excluding hydrogens is 449 g/mol. The first-order valence-electron chi connectivity index (χ1n) is 9.70. The molecule has 0 radical (unpaired) electrons. The Hall–Kier alpha value is -3.74. The third-order valence-electron chi connectivity index (χ3n) is 4.93. The van der Waals surface area contributed by atoms with E-state index in [2.05, 4.69) is 4.98 Å². The quantitative estimate of drug-likeness (QED) is 0.321. The van der Waals surface area contributed by atoms with E-state index in [4.69, 9.17) is 4.74 Å². The standard InChI is InChI=1S/C20H19F3N4O6/c1-3-33-19(30)15-10-25(8-13(28)9-26-11(2)24-7-17(26)27(31)32)16-6-12(20(21,22)23)4-5-14(16)18(15)29/h4-7,10,13,28H,3,8-9H2,1-2H3. The Morgan fingerprint density at radius 1 is 1.33 bits per heavy atom. The maximum atomic E-state index is 13.2. The van der Waals surface area contributed by atoms with Crippen molar-refractivity contribution in [2.45, 2.75) is 39.2 Å². The number of aliphatic hydroxyl groups excluding tert-OH is 1. The molecule has 0 bridgehead atoms. The van der Waals surface area contributed by atoms with Crippen LogP contribution in [0.25, 0.3) is 10.9 Å². The molecule has 0 spiro atoms. The lowest BCUT2D eigenvalue weighted by molar-refractivity contribution is -0.392. The van der Waals surface area contributed by atoms with Crippen molar-refractivity contribution in [2.75, 3.05) is 6.61 Å². The SMILES string of the molecule is CCOC(=O)c1cn(CC(O)Cn2c([N+](=O)[O-])cnc2C)c2cc(C(F)(F)F)ccc2c1=O. The smallest absolute Gasteiger partial charge is 0.416 e. The van der Waals surface area contributed by atoms with Crippen LogP contribution in [0.4, 0.5) is 19.0 Å². The number of aliphatic hydroxyl groups is 1. The van der Waals surface area contributed by atoms with Gasteiger partial charge in [0.25, 0.3) is 0 Å². The van der Waals surface area contributed by atoms with Crippen LogP contribution in [0.5, 0.6) is 0 Å². The Labute approximate surface area is 184 Å². The molecule has 1 atom stereocenters. The van der Waals surface area contributed by atoms with Gasteiger partial charge in [-0.25, -0.2) is 14.3 Å². The Morgan fingerprint density at radius 2 is 2.03 bits per heavy atom. The van der Waals surface area contributed by atoms with E-state index in [1.54, 1.807) is 0 Å². The summed E-state index contributed by atoms with van der Waals surface area (Å²) in [4.78, 5) is 39.3. The molecule has 0 fully saturated rings. The molecule has 176 valence electrons. The molecule has 0 aliphatic heterocycles. The number of benzene rings is 1. The second-order valence-corrected chi connectivity index (χ2v) is 7.16. The van der Waals surface area contributed by atoms with E-state index in [9.17, 15) is 38.0 Å². The molecule has 0 amide bonds. The van der Waals surface area contributed by atoms with Gasteiger partial charge in [-0.3, -0.25) is 4.79 Å². The third kappa shape index (κ3) is 4.87. The molecular formula is C20H19F3N4O6. The number of esters is 1. The van der Waals surface area contributed by atoms with Crippen LogP contribution in [0.1, 0.15) is 28.7 Å². The van der Waals surface area contributed by atoms with E-state index in [0.29, 0.717) is 0 Å². The largest absolute Gasteiger partial charge is 0.462 e. The van der Waals surface area contributed by atoms with Gasteiger partial charge in [-0.2, -0.15) is 13.2 Å². The summed E-state index contributed by atoms with van der Waals surface area (Å²) in [6, 6.07) is 2.41. The number of halogens is 3. The summed E-state index contributed by atoms with van der Waals surface area (Å²) >= 11 is 0. The lowest BCUT2D eigenvalue weighted by atomic mass is 10.1. The number of imidazole rings is 1. The third-order valence-corrected chi connectivity index (χ3v) is 4.93. The van der Waals surface area contributed by atoms with Gasteiger partial charge in [-0.1, -0.05) is 0 Å². The molecule has 3 rings (SSSR count). The van der Waals surface area contributed by atoms with Crippen LogP contribution in [-0.4, -0.2) is 42.8 Å². The zero-order chi connectivity index (χ0) is 24.5. The number of carbonyl (C=O) groups excluding carboxylic acids is 1. The second-order valence-electron chi connectivity index (χ2n) is 7.16. The number of nitrogens with zero attached hydrogens (tertiary/aromatic N) is 4. The molecule has 13 heteroatoms. The Kier molecular flexibility index (Phi) is 6.53. The normalized spacial score (nSPS) is 12.7. The monoisotopic (exact) mass is 468 g/mol. The van der Waals surface area contributed by atoms with Crippen molar-refractivity contribution in [1.82, 2.24) is 14.1 Å². The van der Waals surface area contributed by atoms with Crippen molar-refractivity contribution in [3.8, 4) is 0 Å². The fourth-order valence-corrected chi connectivity index (χ4v) is 3.40. The fourth-order valence-electron chi connectivity index (χ4n) is 3.40. The summed E-state index contributed by atoms with van der Waals surface area (Å²) in [5.41, 5.74) is -2.42. The number of nitro groups is 1. The average Bonchev–Trinajstić information content (AvgIpc) is 3.09. The van der Waals surface area contributed by atoms with Crippen molar-refractivity contribution in [1.29, 1.82) is 0 Å². The minimum atomic E-state index is -4.69. The van der Waals surface area contributed by atoms with E-state index in [0.717, 1.165) is 39.7 Å². The van der Waals surface area contributed by atoms with E-state index in [1.807, 2.05) is 0 Å². The number of aryl methyl sites for hydroxylation is 1. The predicted molar refractivity (Wildman–Crippen MR) is 109 cm³/mol. The number of pyridine rings is 1. The molecule has 2 heterocycles. The van der Waals surface area contributed by atoms with Crippen LogP contribution >= 0.6 is 0 Å². The zero-order valence-corrected chi connectivity index (χ0v) is 17.5. The summed E-state index contributed by atoms with van der Waals surface area (Å²) in [5, 5.41) is 21.6. The lowest BCUT2D eigenvalue weighted by Crippen LogP contribution is -2.27. The molecule has 1 N–H and O–H groups in total. The highest BCUT2D eigenvalue weighted by Gasteiger charge is 2.31. The first kappa shape index (κ1) is 23.9. The summed E-state index contributed by atoms with van der Waals surface area (Å²) in [5.74, 6) is -1.09. The number of ether oxygens (including phenoxy) is 1. The maximum absolute atomic E-state index is 13.2. The van der Waals surface area contributed by atoms with Crippen molar-refractivity contribution < 1.29 is 32.7 Å². The van der Waals surface area contributed by atoms with Crippen molar-refractivity contribution in [3.05, 3.63) is 67.9 Å². The molecule has 0 saturated carbocycles. The lowest BCUT2D eigenvalue weighted by Gasteiger charge is -2.18. The summed E-state index contributed by atoms with van der Waals surface area (Å²) < 4.78 is 46.9. The number of rotatable bonds is 7. The Morgan fingerprint density at radius 3 is 2.64 bits per heavy atom. The van der Waals surface area contributed by atoms with Gasteiger partial charge in [0, 0.05) is 18.5 Å². The summed E-state index contributed by atoms with van der Waals surface area (Å²) in [7, 11) is 0. The van der Waals surface area contributed by atoms with Crippen LogP contribution < -0.4 is 5.43 Å². The molecule has 3 aromatic rings. The van der Waals surface area contributed by atoms with Crippen LogP contribution in [0.3, 0.4) is 0 Å². The highest BCUT2D eigenvalue weighted by molar-refractivity contribution is 5.94. The predicted octanol–water partition coefficient (Wildman–Crippen LogP) is 2.67. The highest BCUT2D eigenvalue weighted by Crippen LogP contribution is 2.31. The maximum Gasteiger partial charge on any atom is 0.416 e. The minimum absolute atomic E-state index is 0.0322. The number of aromatic nitrogens is 3. The molecule has 1 aromatic carbocycles. The van der Waals surface area contributed by atoms with Crippen LogP contribution in [0.15, 0.2) is 35.4 Å². The van der Waals surface area contributed by atoms with E-state index in [1.165, 1.54) is 13.8 Å².